The van der Waals surface area contributed by atoms with Gasteiger partial charge in [-0.2, -0.15) is 0 Å². The van der Waals surface area contributed by atoms with Gasteiger partial charge in [-0.25, -0.2) is 9.97 Å². The molecule has 0 aliphatic heterocycles. The van der Waals surface area contributed by atoms with E-state index in [1.807, 2.05) is 6.26 Å². The molecule has 0 bridgehead atoms. The van der Waals surface area contributed by atoms with Gasteiger partial charge in [0.25, 0.3) is 5.56 Å². The first-order chi connectivity index (χ1) is 6.20. The van der Waals surface area contributed by atoms with Crippen LogP contribution < -0.4 is 5.56 Å². The van der Waals surface area contributed by atoms with Crippen molar-refractivity contribution in [3.63, 3.8) is 0 Å². The summed E-state index contributed by atoms with van der Waals surface area (Å²) < 4.78 is 0. The minimum atomic E-state index is -0.171. The van der Waals surface area contributed by atoms with Crippen LogP contribution in [-0.4, -0.2) is 26.2 Å². The van der Waals surface area contributed by atoms with E-state index in [1.165, 1.54) is 11.8 Å². The van der Waals surface area contributed by atoms with E-state index < -0.39 is 0 Å². The first kappa shape index (κ1) is 8.31. The van der Waals surface area contributed by atoms with Crippen LogP contribution in [0.4, 0.5) is 0 Å². The molecule has 6 heteroatoms. The molecule has 0 aliphatic rings. The molecule has 0 saturated carbocycles. The van der Waals surface area contributed by atoms with E-state index in [0.717, 1.165) is 0 Å². The lowest BCUT2D eigenvalue weighted by Crippen LogP contribution is -2.09. The standard InChI is InChI=1S/C7H8N4OS/c1-3-8-5-4(6(12)9-3)10-7(11-5)13-2/h1-2H3,(H2,8,9,10,11,12). The van der Waals surface area contributed by atoms with Crippen molar-refractivity contribution in [3.05, 3.63) is 16.2 Å². The number of aromatic nitrogens is 4. The summed E-state index contributed by atoms with van der Waals surface area (Å²) in [6.07, 6.45) is 1.89. The summed E-state index contributed by atoms with van der Waals surface area (Å²) in [5.74, 6) is 0.580. The van der Waals surface area contributed by atoms with Crippen molar-refractivity contribution >= 4 is 22.9 Å². The normalized spacial score (nSPS) is 10.9. The molecule has 2 heterocycles. The van der Waals surface area contributed by atoms with Gasteiger partial charge < -0.3 is 9.97 Å². The Balaban J connectivity index is 2.83. The average molecular weight is 196 g/mol. The number of aromatic amines is 2. The second-order valence-corrected chi connectivity index (χ2v) is 3.39. The number of aryl methyl sites for hydroxylation is 1. The fourth-order valence-corrected chi connectivity index (χ4v) is 1.47. The molecule has 2 aromatic rings. The van der Waals surface area contributed by atoms with E-state index >= 15 is 0 Å². The van der Waals surface area contributed by atoms with E-state index in [1.54, 1.807) is 6.92 Å². The number of fused-ring (bicyclic) bond motifs is 1. The molecule has 13 heavy (non-hydrogen) atoms. The average Bonchev–Trinajstić information content (AvgIpc) is 2.47. The first-order valence-electron chi connectivity index (χ1n) is 3.71. The molecule has 0 radical (unpaired) electrons. The van der Waals surface area contributed by atoms with E-state index in [9.17, 15) is 4.79 Å². The second-order valence-electron chi connectivity index (χ2n) is 2.60. The van der Waals surface area contributed by atoms with Crippen molar-refractivity contribution < 1.29 is 0 Å². The highest BCUT2D eigenvalue weighted by atomic mass is 32.2. The Labute approximate surface area is 78.0 Å². The molecule has 0 fully saturated rings. The van der Waals surface area contributed by atoms with Crippen molar-refractivity contribution in [2.45, 2.75) is 12.1 Å². The van der Waals surface area contributed by atoms with Crippen LogP contribution in [0.5, 0.6) is 0 Å². The third-order valence-electron chi connectivity index (χ3n) is 1.65. The zero-order chi connectivity index (χ0) is 9.42. The Morgan fingerprint density at radius 1 is 1.31 bits per heavy atom. The smallest absolute Gasteiger partial charge is 0.276 e. The van der Waals surface area contributed by atoms with Crippen LogP contribution in [-0.2, 0) is 0 Å². The minimum Gasteiger partial charge on any atom is -0.327 e. The first-order valence-corrected chi connectivity index (χ1v) is 4.94. The molecule has 0 amide bonds. The summed E-state index contributed by atoms with van der Waals surface area (Å²) in [7, 11) is 0. The van der Waals surface area contributed by atoms with Crippen LogP contribution in [0.2, 0.25) is 0 Å². The number of nitrogens with zero attached hydrogens (tertiary/aromatic N) is 2. The number of thioether (sulfide) groups is 1. The van der Waals surface area contributed by atoms with Gasteiger partial charge in [0, 0.05) is 0 Å². The van der Waals surface area contributed by atoms with Gasteiger partial charge in [0.1, 0.15) is 5.82 Å². The summed E-state index contributed by atoms with van der Waals surface area (Å²) in [6, 6.07) is 0. The van der Waals surface area contributed by atoms with Crippen LogP contribution in [0.25, 0.3) is 11.2 Å². The van der Waals surface area contributed by atoms with Gasteiger partial charge >= 0.3 is 0 Å². The van der Waals surface area contributed by atoms with Crippen molar-refractivity contribution in [3.8, 4) is 0 Å². The molecule has 0 spiro atoms. The summed E-state index contributed by atoms with van der Waals surface area (Å²) >= 11 is 1.45. The summed E-state index contributed by atoms with van der Waals surface area (Å²) in [4.78, 5) is 25.1. The lowest BCUT2D eigenvalue weighted by Gasteiger charge is -1.89. The topological polar surface area (TPSA) is 74.4 Å². The third-order valence-corrected chi connectivity index (χ3v) is 2.23. The van der Waals surface area contributed by atoms with E-state index in [-0.39, 0.29) is 5.56 Å². The van der Waals surface area contributed by atoms with Crippen LogP contribution >= 0.6 is 11.8 Å². The Morgan fingerprint density at radius 2 is 2.08 bits per heavy atom. The molecule has 2 aromatic heterocycles. The van der Waals surface area contributed by atoms with E-state index in [0.29, 0.717) is 22.1 Å². The molecule has 2 rings (SSSR count). The summed E-state index contributed by atoms with van der Waals surface area (Å²) in [5.41, 5.74) is 0.746. The monoisotopic (exact) mass is 196 g/mol. The van der Waals surface area contributed by atoms with Gasteiger partial charge in [0.15, 0.2) is 16.3 Å². The van der Waals surface area contributed by atoms with Gasteiger partial charge in [-0.1, -0.05) is 11.8 Å². The molecule has 2 N–H and O–H groups in total. The van der Waals surface area contributed by atoms with Crippen molar-refractivity contribution in [2.24, 2.45) is 0 Å². The molecule has 0 saturated heterocycles. The second kappa shape index (κ2) is 2.88. The van der Waals surface area contributed by atoms with Crippen LogP contribution in [0, 0.1) is 6.92 Å². The lowest BCUT2D eigenvalue weighted by molar-refractivity contribution is 1.04. The quantitative estimate of drug-likeness (QED) is 0.657. The molecular formula is C7H8N4OS. The number of hydrogen-bond acceptors (Lipinski definition) is 4. The molecule has 68 valence electrons. The highest BCUT2D eigenvalue weighted by Crippen LogP contribution is 2.12. The summed E-state index contributed by atoms with van der Waals surface area (Å²) in [5, 5.41) is 0.707. The zero-order valence-electron chi connectivity index (χ0n) is 7.21. The number of hydrogen-bond donors (Lipinski definition) is 2. The Kier molecular flexibility index (Phi) is 1.84. The lowest BCUT2D eigenvalue weighted by atomic mass is 10.5. The van der Waals surface area contributed by atoms with Gasteiger partial charge in [-0.15, -0.1) is 0 Å². The third kappa shape index (κ3) is 1.33. The maximum Gasteiger partial charge on any atom is 0.276 e. The van der Waals surface area contributed by atoms with Crippen LogP contribution in [0.15, 0.2) is 9.95 Å². The SMILES string of the molecule is CSc1nc2nc(C)[nH]c(=O)c2[nH]1. The fraction of sp³-hybridized carbons (Fsp3) is 0.286. The maximum absolute atomic E-state index is 11.4. The highest BCUT2D eigenvalue weighted by Gasteiger charge is 2.06. The van der Waals surface area contributed by atoms with Gasteiger partial charge in [0.2, 0.25) is 0 Å². The molecular weight excluding hydrogens is 188 g/mol. The van der Waals surface area contributed by atoms with E-state index in [2.05, 4.69) is 19.9 Å². The predicted molar refractivity (Wildman–Crippen MR) is 51.0 cm³/mol. The number of rotatable bonds is 1. The van der Waals surface area contributed by atoms with Gasteiger partial charge in [-0.3, -0.25) is 4.79 Å². The van der Waals surface area contributed by atoms with Crippen LogP contribution in [0.3, 0.4) is 0 Å². The molecule has 0 unspecified atom stereocenters. The Morgan fingerprint density at radius 3 is 2.77 bits per heavy atom. The molecule has 5 nitrogen and oxygen atoms in total. The number of H-pyrrole nitrogens is 2. The predicted octanol–water partition coefficient (Wildman–Crippen LogP) is 0.677. The highest BCUT2D eigenvalue weighted by molar-refractivity contribution is 7.98. The maximum atomic E-state index is 11.4. The molecule has 0 aromatic carbocycles. The molecule has 0 atom stereocenters. The van der Waals surface area contributed by atoms with Crippen molar-refractivity contribution in [1.82, 2.24) is 19.9 Å². The number of imidazole rings is 1. The van der Waals surface area contributed by atoms with Crippen LogP contribution in [0.1, 0.15) is 5.82 Å². The van der Waals surface area contributed by atoms with Gasteiger partial charge in [-0.05, 0) is 13.2 Å². The van der Waals surface area contributed by atoms with Crippen molar-refractivity contribution in [2.75, 3.05) is 6.26 Å². The fourth-order valence-electron chi connectivity index (χ4n) is 1.09. The zero-order valence-corrected chi connectivity index (χ0v) is 8.03. The Hall–Kier alpha value is -1.30. The Bertz CT molecular complexity index is 501. The minimum absolute atomic E-state index is 0.171. The van der Waals surface area contributed by atoms with E-state index in [4.69, 9.17) is 0 Å². The number of nitrogens with one attached hydrogen (secondary N) is 2. The van der Waals surface area contributed by atoms with Crippen molar-refractivity contribution in [1.29, 1.82) is 0 Å². The molecule has 0 aliphatic carbocycles. The van der Waals surface area contributed by atoms with Gasteiger partial charge in [0.05, 0.1) is 0 Å². The largest absolute Gasteiger partial charge is 0.327 e. The summed E-state index contributed by atoms with van der Waals surface area (Å²) in [6.45, 7) is 1.73.